The van der Waals surface area contributed by atoms with Crippen LogP contribution in [0.4, 0.5) is 8.78 Å². The molecule has 1 N–H and O–H groups in total. The smallest absolute Gasteiger partial charge is 0.272 e. The predicted molar refractivity (Wildman–Crippen MR) is 137 cm³/mol. The van der Waals surface area contributed by atoms with Crippen LogP contribution < -0.4 is 5.56 Å². The van der Waals surface area contributed by atoms with E-state index in [4.69, 9.17) is 23.2 Å². The van der Waals surface area contributed by atoms with Crippen LogP contribution in [0.1, 0.15) is 33.7 Å². The molecule has 0 atom stereocenters. The highest BCUT2D eigenvalue weighted by Crippen LogP contribution is 2.27. The third-order valence-electron chi connectivity index (χ3n) is 6.52. The maximum atomic E-state index is 14.8. The van der Waals surface area contributed by atoms with Crippen LogP contribution in [0.2, 0.25) is 10.2 Å². The van der Waals surface area contributed by atoms with Gasteiger partial charge in [0.1, 0.15) is 22.3 Å². The monoisotopic (exact) mass is 545 g/mol. The first-order valence-electron chi connectivity index (χ1n) is 11.8. The van der Waals surface area contributed by atoms with Crippen molar-refractivity contribution in [3.05, 3.63) is 103 Å². The number of fused-ring (bicyclic) bond motifs is 1. The molecule has 0 unspecified atom stereocenters. The lowest BCUT2D eigenvalue weighted by Crippen LogP contribution is -2.35. The molecule has 3 aromatic heterocycles. The van der Waals surface area contributed by atoms with Gasteiger partial charge in [-0.3, -0.25) is 23.9 Å². The summed E-state index contributed by atoms with van der Waals surface area (Å²) in [6, 6.07) is 8.79. The van der Waals surface area contributed by atoms with Crippen molar-refractivity contribution >= 4 is 34.6 Å². The number of nitrogens with zero attached hydrogens (tertiary/aromatic N) is 4. The summed E-state index contributed by atoms with van der Waals surface area (Å²) in [4.78, 5) is 35.9. The molecule has 5 rings (SSSR count). The zero-order valence-corrected chi connectivity index (χ0v) is 21.2. The number of aromatic amines is 1. The molecule has 0 saturated carbocycles. The molecule has 0 bridgehead atoms. The molecular formula is C26H23Cl2F2N5O2. The van der Waals surface area contributed by atoms with Gasteiger partial charge in [-0.05, 0) is 42.3 Å². The molecule has 192 valence electrons. The molecule has 1 saturated heterocycles. The first-order valence-corrected chi connectivity index (χ1v) is 12.5. The largest absolute Gasteiger partial charge is 0.337 e. The van der Waals surface area contributed by atoms with E-state index in [9.17, 15) is 18.4 Å². The van der Waals surface area contributed by atoms with Crippen LogP contribution in [0.5, 0.6) is 0 Å². The summed E-state index contributed by atoms with van der Waals surface area (Å²) in [7, 11) is 0. The van der Waals surface area contributed by atoms with E-state index < -0.39 is 11.7 Å². The highest BCUT2D eigenvalue weighted by atomic mass is 35.5. The lowest BCUT2D eigenvalue weighted by molar-refractivity contribution is 0.0756. The Hall–Kier alpha value is -3.27. The van der Waals surface area contributed by atoms with Crippen LogP contribution in [0.15, 0.2) is 53.6 Å². The second-order valence-corrected chi connectivity index (χ2v) is 9.72. The van der Waals surface area contributed by atoms with Gasteiger partial charge in [0.15, 0.2) is 0 Å². The minimum absolute atomic E-state index is 0.0287. The van der Waals surface area contributed by atoms with Gasteiger partial charge in [-0.25, -0.2) is 8.78 Å². The van der Waals surface area contributed by atoms with Crippen molar-refractivity contribution in [3.63, 3.8) is 0 Å². The number of H-pyrrole nitrogens is 1. The number of hydrogen-bond acceptors (Lipinski definition) is 4. The van der Waals surface area contributed by atoms with Gasteiger partial charge in [0.25, 0.3) is 11.5 Å². The Labute approximate surface area is 221 Å². The van der Waals surface area contributed by atoms with E-state index in [0.717, 1.165) is 0 Å². The molecule has 1 aliphatic rings. The van der Waals surface area contributed by atoms with Gasteiger partial charge < -0.3 is 9.88 Å². The molecule has 0 spiro atoms. The molecule has 1 aromatic carbocycles. The summed E-state index contributed by atoms with van der Waals surface area (Å²) in [6.07, 6.45) is 4.03. The van der Waals surface area contributed by atoms with Crippen molar-refractivity contribution in [2.45, 2.75) is 19.4 Å². The zero-order chi connectivity index (χ0) is 26.1. The molecule has 4 heterocycles. The Balaban J connectivity index is 1.33. The first kappa shape index (κ1) is 25.4. The van der Waals surface area contributed by atoms with Crippen LogP contribution in [0, 0.1) is 11.6 Å². The van der Waals surface area contributed by atoms with Crippen molar-refractivity contribution in [2.75, 3.05) is 26.2 Å². The Kier molecular flexibility index (Phi) is 7.28. The summed E-state index contributed by atoms with van der Waals surface area (Å²) in [6.45, 7) is 2.38. The summed E-state index contributed by atoms with van der Waals surface area (Å²) >= 11 is 12.4. The Bertz CT molecular complexity index is 1540. The van der Waals surface area contributed by atoms with E-state index in [-0.39, 0.29) is 33.5 Å². The maximum absolute atomic E-state index is 14.8. The number of nitrogens with one attached hydrogen (secondary N) is 1. The van der Waals surface area contributed by atoms with Gasteiger partial charge in [0.05, 0.1) is 16.3 Å². The lowest BCUT2D eigenvalue weighted by atomic mass is 10.0. The van der Waals surface area contributed by atoms with Crippen molar-refractivity contribution in [1.82, 2.24) is 24.2 Å². The van der Waals surface area contributed by atoms with E-state index >= 15 is 0 Å². The highest BCUT2D eigenvalue weighted by Gasteiger charge is 2.24. The number of amides is 1. The van der Waals surface area contributed by atoms with Crippen LogP contribution >= 0.6 is 23.2 Å². The highest BCUT2D eigenvalue weighted by molar-refractivity contribution is 6.42. The second-order valence-electron chi connectivity index (χ2n) is 8.96. The number of carbonyl (C=O) groups excluding carboxylic acids is 1. The van der Waals surface area contributed by atoms with E-state index in [1.54, 1.807) is 27.6 Å². The van der Waals surface area contributed by atoms with E-state index in [2.05, 4.69) is 9.97 Å². The van der Waals surface area contributed by atoms with Crippen LogP contribution in [-0.4, -0.2) is 56.3 Å². The van der Waals surface area contributed by atoms with Gasteiger partial charge in [-0.2, -0.15) is 0 Å². The number of halogens is 4. The standard InChI is InChI=1S/C26H23Cl2F2N5O2/c27-19-13-23-25(36)32-14-17(35(23)24(19)28)11-16-4-5-20(29)18(12-16)26(37)34-8-2-7-33(9-10-34)15-22-21(30)3-1-6-31-22/h1,3-6,12-14H,2,7-11,15H2,(H,32,36). The number of rotatable bonds is 5. The number of hydrogen-bond donors (Lipinski definition) is 1. The minimum Gasteiger partial charge on any atom is -0.337 e. The molecule has 7 nitrogen and oxygen atoms in total. The second kappa shape index (κ2) is 10.6. The fourth-order valence-electron chi connectivity index (χ4n) is 4.63. The van der Waals surface area contributed by atoms with E-state index in [1.807, 2.05) is 4.90 Å². The van der Waals surface area contributed by atoms with Gasteiger partial charge >= 0.3 is 0 Å². The first-order chi connectivity index (χ1) is 17.8. The van der Waals surface area contributed by atoms with E-state index in [0.29, 0.717) is 61.6 Å². The van der Waals surface area contributed by atoms with Gasteiger partial charge in [0.2, 0.25) is 0 Å². The van der Waals surface area contributed by atoms with E-state index in [1.165, 1.54) is 30.5 Å². The molecule has 37 heavy (non-hydrogen) atoms. The molecule has 0 aliphatic carbocycles. The van der Waals surface area contributed by atoms with Crippen LogP contribution in [-0.2, 0) is 13.0 Å². The third kappa shape index (κ3) is 5.25. The maximum Gasteiger partial charge on any atom is 0.272 e. The molecule has 1 amide bonds. The van der Waals surface area contributed by atoms with Gasteiger partial charge in [0, 0.05) is 57.2 Å². The Morgan fingerprint density at radius 3 is 2.70 bits per heavy atom. The molecule has 1 aliphatic heterocycles. The van der Waals surface area contributed by atoms with Crippen molar-refractivity contribution < 1.29 is 13.6 Å². The molecule has 1 fully saturated rings. The topological polar surface area (TPSA) is 73.7 Å². The summed E-state index contributed by atoms with van der Waals surface area (Å²) in [5, 5.41) is 0.450. The van der Waals surface area contributed by atoms with Crippen LogP contribution in [0.25, 0.3) is 5.52 Å². The number of aromatic nitrogens is 3. The quantitative estimate of drug-likeness (QED) is 0.399. The summed E-state index contributed by atoms with van der Waals surface area (Å²) < 4.78 is 30.4. The third-order valence-corrected chi connectivity index (χ3v) is 7.28. The summed E-state index contributed by atoms with van der Waals surface area (Å²) in [5.74, 6) is -1.38. The normalized spacial score (nSPS) is 14.8. The fraction of sp³-hybridized carbons (Fsp3) is 0.269. The Morgan fingerprint density at radius 1 is 1.05 bits per heavy atom. The number of benzene rings is 1. The zero-order valence-electron chi connectivity index (χ0n) is 19.7. The minimum atomic E-state index is -0.612. The van der Waals surface area contributed by atoms with Crippen molar-refractivity contribution in [1.29, 1.82) is 0 Å². The van der Waals surface area contributed by atoms with Gasteiger partial charge in [-0.1, -0.05) is 29.3 Å². The summed E-state index contributed by atoms with van der Waals surface area (Å²) in [5.41, 5.74) is 1.59. The average molecular weight is 546 g/mol. The van der Waals surface area contributed by atoms with Gasteiger partial charge in [-0.15, -0.1) is 0 Å². The van der Waals surface area contributed by atoms with Crippen molar-refractivity contribution in [3.8, 4) is 0 Å². The molecule has 4 aromatic rings. The van der Waals surface area contributed by atoms with Crippen LogP contribution in [0.3, 0.4) is 0 Å². The molecular weight excluding hydrogens is 523 g/mol. The predicted octanol–water partition coefficient (Wildman–Crippen LogP) is 4.55. The lowest BCUT2D eigenvalue weighted by Gasteiger charge is -2.22. The number of pyridine rings is 1. The average Bonchev–Trinajstić information content (AvgIpc) is 3.04. The Morgan fingerprint density at radius 2 is 1.89 bits per heavy atom. The molecule has 0 radical (unpaired) electrons. The van der Waals surface area contributed by atoms with Crippen molar-refractivity contribution in [2.24, 2.45) is 0 Å². The molecule has 11 heteroatoms. The number of carbonyl (C=O) groups is 1. The fourth-order valence-corrected chi connectivity index (χ4v) is 5.07. The SMILES string of the molecule is O=C(c1cc(Cc2c[nH]c(=O)c3cc(Cl)c(Cl)n23)ccc1F)N1CCCN(Cc2ncccc2F)CC1.